The SMILES string of the molecule is COc1ccc(Cl)cc1CN(C)C(=O)c1sccc1S(=O)(=O)N1CCCC1. The number of ether oxygens (including phenoxy) is 1. The van der Waals surface area contributed by atoms with Crippen molar-refractivity contribution in [1.29, 1.82) is 0 Å². The molecule has 1 aliphatic rings. The van der Waals surface area contributed by atoms with Gasteiger partial charge >= 0.3 is 0 Å². The molecule has 1 aromatic heterocycles. The lowest BCUT2D eigenvalue weighted by molar-refractivity contribution is 0.0785. The van der Waals surface area contributed by atoms with E-state index in [4.69, 9.17) is 16.3 Å². The Kier molecular flexibility index (Phi) is 6.10. The number of amides is 1. The Morgan fingerprint density at radius 1 is 1.30 bits per heavy atom. The van der Waals surface area contributed by atoms with E-state index in [0.717, 1.165) is 29.7 Å². The van der Waals surface area contributed by atoms with Crippen LogP contribution in [0.4, 0.5) is 0 Å². The van der Waals surface area contributed by atoms with Crippen LogP contribution in [0.2, 0.25) is 5.02 Å². The first-order chi connectivity index (χ1) is 12.8. The summed E-state index contributed by atoms with van der Waals surface area (Å²) in [6, 6.07) is 6.70. The van der Waals surface area contributed by atoms with Gasteiger partial charge in [0.15, 0.2) is 0 Å². The Morgan fingerprint density at radius 2 is 2.00 bits per heavy atom. The first-order valence-electron chi connectivity index (χ1n) is 8.50. The zero-order chi connectivity index (χ0) is 19.6. The Morgan fingerprint density at radius 3 is 2.67 bits per heavy atom. The van der Waals surface area contributed by atoms with Crippen molar-refractivity contribution >= 4 is 38.9 Å². The van der Waals surface area contributed by atoms with Crippen LogP contribution in [0, 0.1) is 0 Å². The minimum atomic E-state index is -3.65. The van der Waals surface area contributed by atoms with E-state index in [0.29, 0.717) is 23.9 Å². The molecule has 1 aliphatic heterocycles. The number of thiophene rings is 1. The van der Waals surface area contributed by atoms with E-state index in [-0.39, 0.29) is 22.2 Å². The lowest BCUT2D eigenvalue weighted by atomic mass is 10.2. The second-order valence-electron chi connectivity index (χ2n) is 6.34. The molecule has 27 heavy (non-hydrogen) atoms. The maximum Gasteiger partial charge on any atom is 0.265 e. The predicted octanol–water partition coefficient (Wildman–Crippen LogP) is 3.47. The Bertz CT molecular complexity index is 937. The van der Waals surface area contributed by atoms with Crippen molar-refractivity contribution in [2.24, 2.45) is 0 Å². The minimum Gasteiger partial charge on any atom is -0.496 e. The zero-order valence-corrected chi connectivity index (χ0v) is 17.5. The summed E-state index contributed by atoms with van der Waals surface area (Å²) in [6.07, 6.45) is 1.70. The van der Waals surface area contributed by atoms with Crippen LogP contribution in [0.25, 0.3) is 0 Å². The number of hydrogen-bond donors (Lipinski definition) is 0. The summed E-state index contributed by atoms with van der Waals surface area (Å²) in [5.41, 5.74) is 0.751. The van der Waals surface area contributed by atoms with Crippen LogP contribution in [0.3, 0.4) is 0 Å². The molecule has 9 heteroatoms. The molecule has 0 spiro atoms. The molecule has 2 aromatic rings. The van der Waals surface area contributed by atoms with Gasteiger partial charge in [-0.25, -0.2) is 8.42 Å². The highest BCUT2D eigenvalue weighted by atomic mass is 35.5. The first-order valence-corrected chi connectivity index (χ1v) is 11.2. The summed E-state index contributed by atoms with van der Waals surface area (Å²) in [5.74, 6) is 0.278. The Hall–Kier alpha value is -1.61. The van der Waals surface area contributed by atoms with Gasteiger partial charge in [0.1, 0.15) is 15.5 Å². The molecule has 0 radical (unpaired) electrons. The van der Waals surface area contributed by atoms with Gasteiger partial charge in [0.2, 0.25) is 10.0 Å². The number of benzene rings is 1. The van der Waals surface area contributed by atoms with Crippen LogP contribution in [0.5, 0.6) is 5.75 Å². The lowest BCUT2D eigenvalue weighted by Crippen LogP contribution is -2.31. The van der Waals surface area contributed by atoms with E-state index in [1.54, 1.807) is 37.7 Å². The maximum absolute atomic E-state index is 13.0. The highest BCUT2D eigenvalue weighted by molar-refractivity contribution is 7.89. The molecule has 6 nitrogen and oxygen atoms in total. The van der Waals surface area contributed by atoms with Crippen LogP contribution < -0.4 is 4.74 Å². The van der Waals surface area contributed by atoms with E-state index >= 15 is 0 Å². The molecule has 0 saturated carbocycles. The van der Waals surface area contributed by atoms with Crippen molar-refractivity contribution in [1.82, 2.24) is 9.21 Å². The monoisotopic (exact) mass is 428 g/mol. The summed E-state index contributed by atoms with van der Waals surface area (Å²) < 4.78 is 32.5. The van der Waals surface area contributed by atoms with Gasteiger partial charge in [-0.05, 0) is 42.5 Å². The molecule has 0 aliphatic carbocycles. The highest BCUT2D eigenvalue weighted by Gasteiger charge is 2.32. The third-order valence-electron chi connectivity index (χ3n) is 4.50. The average Bonchev–Trinajstić information content (AvgIpc) is 3.33. The van der Waals surface area contributed by atoms with Crippen molar-refractivity contribution in [3.8, 4) is 5.75 Å². The van der Waals surface area contributed by atoms with Crippen LogP contribution >= 0.6 is 22.9 Å². The molecular weight excluding hydrogens is 408 g/mol. The van der Waals surface area contributed by atoms with Gasteiger partial charge < -0.3 is 9.64 Å². The van der Waals surface area contributed by atoms with Crippen molar-refractivity contribution < 1.29 is 17.9 Å². The highest BCUT2D eigenvalue weighted by Crippen LogP contribution is 2.30. The molecular formula is C18H21ClN2O4S2. The third-order valence-corrected chi connectivity index (χ3v) is 7.71. The molecule has 1 saturated heterocycles. The number of nitrogens with zero attached hydrogens (tertiary/aromatic N) is 2. The molecule has 0 N–H and O–H groups in total. The van der Waals surface area contributed by atoms with Crippen LogP contribution in [0.15, 0.2) is 34.5 Å². The van der Waals surface area contributed by atoms with Gasteiger partial charge in [-0.1, -0.05) is 11.6 Å². The smallest absolute Gasteiger partial charge is 0.265 e. The van der Waals surface area contributed by atoms with Crippen molar-refractivity contribution in [3.05, 3.63) is 45.1 Å². The minimum absolute atomic E-state index is 0.0873. The van der Waals surface area contributed by atoms with Crippen LogP contribution in [0.1, 0.15) is 28.1 Å². The summed E-state index contributed by atoms with van der Waals surface area (Å²) in [4.78, 5) is 14.7. The summed E-state index contributed by atoms with van der Waals surface area (Å²) in [5, 5.41) is 2.18. The molecule has 0 unspecified atom stereocenters. The van der Waals surface area contributed by atoms with Crippen LogP contribution in [-0.2, 0) is 16.6 Å². The molecule has 1 aromatic carbocycles. The van der Waals surface area contributed by atoms with E-state index in [1.165, 1.54) is 15.3 Å². The molecule has 146 valence electrons. The van der Waals surface area contributed by atoms with E-state index in [2.05, 4.69) is 0 Å². The number of halogens is 1. The van der Waals surface area contributed by atoms with Gasteiger partial charge in [0.25, 0.3) is 5.91 Å². The van der Waals surface area contributed by atoms with Crippen LogP contribution in [-0.4, -0.2) is 50.8 Å². The number of rotatable bonds is 6. The fraction of sp³-hybridized carbons (Fsp3) is 0.389. The van der Waals surface area contributed by atoms with Gasteiger partial charge in [0.05, 0.1) is 7.11 Å². The number of hydrogen-bond acceptors (Lipinski definition) is 5. The summed E-state index contributed by atoms with van der Waals surface area (Å²) in [7, 11) is -0.463. The number of methoxy groups -OCH3 is 1. The number of sulfonamides is 1. The Balaban J connectivity index is 1.85. The maximum atomic E-state index is 13.0. The molecule has 0 bridgehead atoms. The molecule has 2 heterocycles. The zero-order valence-electron chi connectivity index (χ0n) is 15.1. The normalized spacial score (nSPS) is 15.1. The fourth-order valence-corrected chi connectivity index (χ4v) is 6.20. The standard InChI is InChI=1S/C18H21ClN2O4S2/c1-20(12-13-11-14(19)5-6-15(13)25-2)18(22)17-16(7-10-26-17)27(23,24)21-8-3-4-9-21/h5-7,10-11H,3-4,8-9,12H2,1-2H3. The summed E-state index contributed by atoms with van der Waals surface area (Å²) in [6.45, 7) is 1.26. The first kappa shape index (κ1) is 20.1. The average molecular weight is 429 g/mol. The third kappa shape index (κ3) is 4.13. The molecule has 0 atom stereocenters. The fourth-order valence-electron chi connectivity index (χ4n) is 3.10. The second-order valence-corrected chi connectivity index (χ2v) is 9.60. The Labute approximate surface area is 168 Å². The predicted molar refractivity (Wildman–Crippen MR) is 106 cm³/mol. The van der Waals surface area contributed by atoms with Crippen molar-refractivity contribution in [2.45, 2.75) is 24.3 Å². The largest absolute Gasteiger partial charge is 0.496 e. The van der Waals surface area contributed by atoms with E-state index in [9.17, 15) is 13.2 Å². The number of carbonyl (C=O) groups is 1. The van der Waals surface area contributed by atoms with Gasteiger partial charge in [-0.3, -0.25) is 4.79 Å². The molecule has 1 amide bonds. The quantitative estimate of drug-likeness (QED) is 0.706. The van der Waals surface area contributed by atoms with E-state index < -0.39 is 10.0 Å². The van der Waals surface area contributed by atoms with Gasteiger partial charge in [0, 0.05) is 37.3 Å². The molecule has 3 rings (SSSR count). The lowest BCUT2D eigenvalue weighted by Gasteiger charge is -2.20. The summed E-state index contributed by atoms with van der Waals surface area (Å²) >= 11 is 7.19. The number of carbonyl (C=O) groups excluding carboxylic acids is 1. The van der Waals surface area contributed by atoms with Crippen molar-refractivity contribution in [2.75, 3.05) is 27.2 Å². The second kappa shape index (κ2) is 8.18. The topological polar surface area (TPSA) is 66.9 Å². The van der Waals surface area contributed by atoms with Gasteiger partial charge in [-0.2, -0.15) is 4.31 Å². The van der Waals surface area contributed by atoms with Crippen molar-refractivity contribution in [3.63, 3.8) is 0 Å². The van der Waals surface area contributed by atoms with E-state index in [1.807, 2.05) is 0 Å². The molecule has 1 fully saturated rings. The van der Waals surface area contributed by atoms with Gasteiger partial charge in [-0.15, -0.1) is 11.3 Å².